The summed E-state index contributed by atoms with van der Waals surface area (Å²) in [6, 6.07) is 2.10. The summed E-state index contributed by atoms with van der Waals surface area (Å²) in [6.07, 6.45) is 7.10. The van der Waals surface area contributed by atoms with E-state index in [1.54, 1.807) is 12.4 Å². The Hall–Kier alpha value is -1.75. The van der Waals surface area contributed by atoms with E-state index in [0.29, 0.717) is 6.04 Å². The molecule has 88 valence electrons. The molecule has 0 atom stereocenters. The number of aromatic nitrogens is 3. The molecular weight excluding hydrogens is 219 g/mol. The topological polar surface area (TPSA) is 53.6 Å². The Labute approximate surface area is 98.3 Å². The highest BCUT2D eigenvalue weighted by Crippen LogP contribution is 2.23. The third-order valence-electron chi connectivity index (χ3n) is 2.87. The lowest BCUT2D eigenvalue weighted by Gasteiger charge is -2.04. The predicted octanol–water partition coefficient (Wildman–Crippen LogP) is 1.86. The van der Waals surface area contributed by atoms with Crippen LogP contribution in [0.2, 0.25) is 0 Å². The Morgan fingerprint density at radius 1 is 1.35 bits per heavy atom. The zero-order valence-electron chi connectivity index (χ0n) is 9.28. The van der Waals surface area contributed by atoms with Crippen molar-refractivity contribution in [3.63, 3.8) is 0 Å². The number of halogens is 1. The third kappa shape index (κ3) is 2.34. The lowest BCUT2D eigenvalue weighted by Crippen LogP contribution is -2.15. The highest BCUT2D eigenvalue weighted by atomic mass is 19.1. The minimum Gasteiger partial charge on any atom is -0.310 e. The smallest absolute Gasteiger partial charge is 0.142 e. The third-order valence-corrected chi connectivity index (χ3v) is 2.87. The van der Waals surface area contributed by atoms with Gasteiger partial charge in [0.2, 0.25) is 0 Å². The summed E-state index contributed by atoms with van der Waals surface area (Å²) < 4.78 is 13.1. The predicted molar refractivity (Wildman–Crippen MR) is 61.6 cm³/mol. The van der Waals surface area contributed by atoms with E-state index >= 15 is 0 Å². The number of hydrogen-bond acceptors (Lipinski definition) is 3. The zero-order valence-corrected chi connectivity index (χ0v) is 9.28. The Bertz CT molecular complexity index is 519. The summed E-state index contributed by atoms with van der Waals surface area (Å²) in [6.45, 7) is 0.757. The first-order chi connectivity index (χ1) is 8.33. The number of aromatic amines is 1. The Morgan fingerprint density at radius 3 is 3.00 bits per heavy atom. The van der Waals surface area contributed by atoms with Crippen LogP contribution in [0.3, 0.4) is 0 Å². The molecule has 1 fully saturated rings. The maximum atomic E-state index is 13.1. The largest absolute Gasteiger partial charge is 0.310 e. The fourth-order valence-electron chi connectivity index (χ4n) is 1.79. The van der Waals surface area contributed by atoms with Gasteiger partial charge in [0.25, 0.3) is 0 Å². The quantitative estimate of drug-likeness (QED) is 0.846. The molecule has 0 amide bonds. The molecule has 3 rings (SSSR count). The van der Waals surface area contributed by atoms with Gasteiger partial charge in [-0.1, -0.05) is 0 Å². The van der Waals surface area contributed by atoms with Gasteiger partial charge in [0, 0.05) is 29.9 Å². The SMILES string of the molecule is Fc1cncc(-c2[nH]ncc2CNC2CC2)c1. The van der Waals surface area contributed by atoms with E-state index in [1.807, 2.05) is 0 Å². The highest BCUT2D eigenvalue weighted by molar-refractivity contribution is 5.61. The van der Waals surface area contributed by atoms with E-state index in [-0.39, 0.29) is 5.82 Å². The van der Waals surface area contributed by atoms with E-state index in [9.17, 15) is 4.39 Å². The van der Waals surface area contributed by atoms with Crippen molar-refractivity contribution in [2.45, 2.75) is 25.4 Å². The first-order valence-electron chi connectivity index (χ1n) is 5.69. The standard InChI is InChI=1S/C12H13FN4/c13-10-3-8(4-14-7-10)12-9(6-16-17-12)5-15-11-1-2-11/h3-4,6-7,11,15H,1-2,5H2,(H,16,17). The van der Waals surface area contributed by atoms with Crippen LogP contribution in [0.5, 0.6) is 0 Å². The van der Waals surface area contributed by atoms with Crippen LogP contribution < -0.4 is 5.32 Å². The van der Waals surface area contributed by atoms with Gasteiger partial charge in [0.05, 0.1) is 18.1 Å². The maximum absolute atomic E-state index is 13.1. The van der Waals surface area contributed by atoms with E-state index in [1.165, 1.54) is 25.1 Å². The number of rotatable bonds is 4. The highest BCUT2D eigenvalue weighted by Gasteiger charge is 2.21. The van der Waals surface area contributed by atoms with E-state index < -0.39 is 0 Å². The van der Waals surface area contributed by atoms with Crippen molar-refractivity contribution < 1.29 is 4.39 Å². The van der Waals surface area contributed by atoms with Gasteiger partial charge in [0.15, 0.2) is 0 Å². The summed E-state index contributed by atoms with van der Waals surface area (Å²) in [5, 5.41) is 10.3. The van der Waals surface area contributed by atoms with Crippen molar-refractivity contribution in [1.29, 1.82) is 0 Å². The van der Waals surface area contributed by atoms with E-state index in [2.05, 4.69) is 20.5 Å². The lowest BCUT2D eigenvalue weighted by atomic mass is 10.1. The van der Waals surface area contributed by atoms with Crippen molar-refractivity contribution >= 4 is 0 Å². The Kier molecular flexibility index (Phi) is 2.60. The molecule has 2 heterocycles. The molecule has 2 N–H and O–H groups in total. The van der Waals surface area contributed by atoms with Crippen LogP contribution in [0.15, 0.2) is 24.7 Å². The zero-order chi connectivity index (χ0) is 11.7. The monoisotopic (exact) mass is 232 g/mol. The average Bonchev–Trinajstić information content (AvgIpc) is 3.04. The first-order valence-corrected chi connectivity index (χ1v) is 5.69. The van der Waals surface area contributed by atoms with Crippen LogP contribution in [-0.4, -0.2) is 21.2 Å². The second-order valence-corrected chi connectivity index (χ2v) is 4.32. The molecule has 0 aromatic carbocycles. The molecule has 0 bridgehead atoms. The molecule has 1 aliphatic rings. The molecule has 2 aromatic heterocycles. The first kappa shape index (κ1) is 10.4. The molecule has 0 spiro atoms. The normalized spacial score (nSPS) is 15.1. The second kappa shape index (κ2) is 4.25. The molecule has 17 heavy (non-hydrogen) atoms. The van der Waals surface area contributed by atoms with Gasteiger partial charge in [-0.15, -0.1) is 0 Å². The van der Waals surface area contributed by atoms with Gasteiger partial charge in [-0.25, -0.2) is 4.39 Å². The van der Waals surface area contributed by atoms with Crippen LogP contribution in [0.25, 0.3) is 11.3 Å². The summed E-state index contributed by atoms with van der Waals surface area (Å²) in [5.41, 5.74) is 2.62. The molecule has 5 heteroatoms. The molecule has 0 unspecified atom stereocenters. The van der Waals surface area contributed by atoms with Gasteiger partial charge < -0.3 is 5.32 Å². The molecule has 4 nitrogen and oxygen atoms in total. The van der Waals surface area contributed by atoms with Gasteiger partial charge >= 0.3 is 0 Å². The lowest BCUT2D eigenvalue weighted by molar-refractivity contribution is 0.622. The number of hydrogen-bond donors (Lipinski definition) is 2. The minimum atomic E-state index is -0.335. The Balaban J connectivity index is 1.83. The summed E-state index contributed by atoms with van der Waals surface area (Å²) in [5.74, 6) is -0.335. The molecule has 0 aliphatic heterocycles. The molecule has 2 aromatic rings. The van der Waals surface area contributed by atoms with Gasteiger partial charge in [-0.2, -0.15) is 5.10 Å². The van der Waals surface area contributed by atoms with Crippen LogP contribution in [0, 0.1) is 5.82 Å². The van der Waals surface area contributed by atoms with Gasteiger partial charge in [0.1, 0.15) is 5.82 Å². The van der Waals surface area contributed by atoms with Crippen LogP contribution in [-0.2, 0) is 6.54 Å². The number of nitrogens with zero attached hydrogens (tertiary/aromatic N) is 2. The molecule has 1 aliphatic carbocycles. The van der Waals surface area contributed by atoms with Crippen molar-refractivity contribution in [3.8, 4) is 11.3 Å². The number of pyridine rings is 1. The Morgan fingerprint density at radius 2 is 2.24 bits per heavy atom. The fourth-order valence-corrected chi connectivity index (χ4v) is 1.79. The fraction of sp³-hybridized carbons (Fsp3) is 0.333. The van der Waals surface area contributed by atoms with Gasteiger partial charge in [-0.3, -0.25) is 10.1 Å². The second-order valence-electron chi connectivity index (χ2n) is 4.32. The summed E-state index contributed by atoms with van der Waals surface area (Å²) in [4.78, 5) is 3.85. The summed E-state index contributed by atoms with van der Waals surface area (Å²) in [7, 11) is 0. The summed E-state index contributed by atoms with van der Waals surface area (Å²) >= 11 is 0. The molecule has 0 radical (unpaired) electrons. The van der Waals surface area contributed by atoms with Crippen LogP contribution >= 0.6 is 0 Å². The number of nitrogens with one attached hydrogen (secondary N) is 2. The minimum absolute atomic E-state index is 0.335. The van der Waals surface area contributed by atoms with E-state index in [0.717, 1.165) is 23.4 Å². The van der Waals surface area contributed by atoms with Crippen molar-refractivity contribution in [3.05, 3.63) is 36.0 Å². The van der Waals surface area contributed by atoms with Gasteiger partial charge in [-0.05, 0) is 18.9 Å². The molecule has 0 saturated heterocycles. The molecular formula is C12H13FN4. The van der Waals surface area contributed by atoms with Crippen LogP contribution in [0.1, 0.15) is 18.4 Å². The van der Waals surface area contributed by atoms with Crippen molar-refractivity contribution in [1.82, 2.24) is 20.5 Å². The van der Waals surface area contributed by atoms with Crippen molar-refractivity contribution in [2.24, 2.45) is 0 Å². The van der Waals surface area contributed by atoms with E-state index in [4.69, 9.17) is 0 Å². The maximum Gasteiger partial charge on any atom is 0.142 e. The van der Waals surface area contributed by atoms with Crippen molar-refractivity contribution in [2.75, 3.05) is 0 Å². The average molecular weight is 232 g/mol. The van der Waals surface area contributed by atoms with Crippen LogP contribution in [0.4, 0.5) is 4.39 Å². The molecule has 1 saturated carbocycles. The number of H-pyrrole nitrogens is 1.